The third-order valence-corrected chi connectivity index (χ3v) is 3.65. The zero-order valence-corrected chi connectivity index (χ0v) is 10.9. The molecule has 1 rings (SSSR count). The monoisotopic (exact) mass is 241 g/mol. The first-order chi connectivity index (χ1) is 7.54. The van der Waals surface area contributed by atoms with E-state index in [4.69, 9.17) is 5.11 Å². The van der Waals surface area contributed by atoms with Crippen LogP contribution in [0.15, 0.2) is 6.07 Å². The van der Waals surface area contributed by atoms with Crippen molar-refractivity contribution in [3.05, 3.63) is 21.4 Å². The smallest absolute Gasteiger partial charge is 0.345 e. The van der Waals surface area contributed by atoms with E-state index < -0.39 is 5.97 Å². The van der Waals surface area contributed by atoms with E-state index in [2.05, 4.69) is 18.9 Å². The molecular formula is C12H19NO2S. The van der Waals surface area contributed by atoms with E-state index in [1.165, 1.54) is 24.2 Å². The zero-order valence-electron chi connectivity index (χ0n) is 10.1. The summed E-state index contributed by atoms with van der Waals surface area (Å²) < 4.78 is 0. The van der Waals surface area contributed by atoms with E-state index in [0.29, 0.717) is 4.88 Å². The molecule has 0 aliphatic carbocycles. The highest BCUT2D eigenvalue weighted by molar-refractivity contribution is 7.14. The van der Waals surface area contributed by atoms with Crippen LogP contribution < -0.4 is 0 Å². The van der Waals surface area contributed by atoms with E-state index in [1.54, 1.807) is 6.07 Å². The fourth-order valence-electron chi connectivity index (χ4n) is 1.58. The molecule has 1 N–H and O–H groups in total. The van der Waals surface area contributed by atoms with Gasteiger partial charge in [-0.25, -0.2) is 4.79 Å². The van der Waals surface area contributed by atoms with Gasteiger partial charge in [0, 0.05) is 11.4 Å². The van der Waals surface area contributed by atoms with Crippen LogP contribution in [0.5, 0.6) is 0 Å². The minimum Gasteiger partial charge on any atom is -0.477 e. The zero-order chi connectivity index (χ0) is 12.1. The number of nitrogens with zero attached hydrogens (tertiary/aromatic N) is 1. The molecule has 0 saturated heterocycles. The summed E-state index contributed by atoms with van der Waals surface area (Å²) in [5, 5.41) is 8.89. The third-order valence-electron chi connectivity index (χ3n) is 2.57. The summed E-state index contributed by atoms with van der Waals surface area (Å²) in [6, 6.07) is 1.80. The number of carboxylic acids is 1. The molecule has 1 aromatic heterocycles. The first-order valence-electron chi connectivity index (χ1n) is 5.55. The van der Waals surface area contributed by atoms with Crippen LogP contribution in [0.3, 0.4) is 0 Å². The summed E-state index contributed by atoms with van der Waals surface area (Å²) in [5.41, 5.74) is 1.14. The van der Waals surface area contributed by atoms with Gasteiger partial charge in [-0.3, -0.25) is 0 Å². The molecule has 0 atom stereocenters. The summed E-state index contributed by atoms with van der Waals surface area (Å²) in [4.78, 5) is 14.6. The van der Waals surface area contributed by atoms with Crippen molar-refractivity contribution >= 4 is 17.3 Å². The van der Waals surface area contributed by atoms with Gasteiger partial charge >= 0.3 is 5.97 Å². The van der Waals surface area contributed by atoms with Crippen molar-refractivity contribution in [3.8, 4) is 0 Å². The van der Waals surface area contributed by atoms with Crippen LogP contribution in [0, 0.1) is 6.92 Å². The lowest BCUT2D eigenvalue weighted by atomic mass is 10.2. The summed E-state index contributed by atoms with van der Waals surface area (Å²) >= 11 is 1.36. The predicted molar refractivity (Wildman–Crippen MR) is 67.3 cm³/mol. The van der Waals surface area contributed by atoms with Crippen molar-refractivity contribution < 1.29 is 9.90 Å². The maximum Gasteiger partial charge on any atom is 0.345 e. The summed E-state index contributed by atoms with van der Waals surface area (Å²) in [6.45, 7) is 6.07. The van der Waals surface area contributed by atoms with Gasteiger partial charge < -0.3 is 10.0 Å². The predicted octanol–water partition coefficient (Wildman–Crippen LogP) is 2.99. The minimum atomic E-state index is -0.824. The van der Waals surface area contributed by atoms with Crippen molar-refractivity contribution in [2.45, 2.75) is 33.2 Å². The second-order valence-electron chi connectivity index (χ2n) is 4.09. The van der Waals surface area contributed by atoms with E-state index in [0.717, 1.165) is 23.5 Å². The number of rotatable bonds is 6. The number of thiophene rings is 1. The number of hydrogen-bond acceptors (Lipinski definition) is 3. The van der Waals surface area contributed by atoms with E-state index in [-0.39, 0.29) is 0 Å². The molecule has 1 heterocycles. The van der Waals surface area contributed by atoms with Gasteiger partial charge in [0.15, 0.2) is 0 Å². The Kier molecular flexibility index (Phi) is 4.96. The van der Waals surface area contributed by atoms with Crippen molar-refractivity contribution in [2.24, 2.45) is 0 Å². The molecule has 0 aromatic carbocycles. The lowest BCUT2D eigenvalue weighted by Gasteiger charge is -2.15. The Hall–Kier alpha value is -0.870. The molecular weight excluding hydrogens is 222 g/mol. The summed E-state index contributed by atoms with van der Waals surface area (Å²) in [5.74, 6) is -0.824. The van der Waals surface area contributed by atoms with Gasteiger partial charge in [0.05, 0.1) is 0 Å². The molecule has 3 nitrogen and oxygen atoms in total. The van der Waals surface area contributed by atoms with Gasteiger partial charge in [0.2, 0.25) is 0 Å². The molecule has 0 aliphatic heterocycles. The minimum absolute atomic E-state index is 0.441. The Morgan fingerprint density at radius 2 is 2.25 bits per heavy atom. The maximum atomic E-state index is 10.8. The summed E-state index contributed by atoms with van der Waals surface area (Å²) in [7, 11) is 2.08. The first-order valence-corrected chi connectivity index (χ1v) is 6.37. The molecule has 0 radical (unpaired) electrons. The Morgan fingerprint density at radius 3 is 2.75 bits per heavy atom. The van der Waals surface area contributed by atoms with Gasteiger partial charge in [-0.15, -0.1) is 11.3 Å². The van der Waals surface area contributed by atoms with Crippen LogP contribution in [0.2, 0.25) is 0 Å². The number of carboxylic acid groups (broad SMARTS) is 1. The Balaban J connectivity index is 2.62. The van der Waals surface area contributed by atoms with Crippen molar-refractivity contribution in [3.63, 3.8) is 0 Å². The molecule has 1 aromatic rings. The van der Waals surface area contributed by atoms with E-state index in [1.807, 2.05) is 6.92 Å². The number of carbonyl (C=O) groups is 1. The van der Waals surface area contributed by atoms with Crippen molar-refractivity contribution in [1.29, 1.82) is 0 Å². The number of aromatic carboxylic acids is 1. The second-order valence-corrected chi connectivity index (χ2v) is 5.34. The van der Waals surface area contributed by atoms with Crippen LogP contribution in [0.4, 0.5) is 0 Å². The van der Waals surface area contributed by atoms with Gasteiger partial charge in [0.25, 0.3) is 0 Å². The first kappa shape index (κ1) is 13.2. The van der Waals surface area contributed by atoms with Crippen molar-refractivity contribution in [1.82, 2.24) is 4.90 Å². The molecule has 0 fully saturated rings. The molecule has 0 aliphatic rings. The van der Waals surface area contributed by atoms with Crippen LogP contribution in [-0.4, -0.2) is 29.6 Å². The SMILES string of the molecule is CCCCN(C)Cc1cc(C(=O)O)sc1C. The van der Waals surface area contributed by atoms with E-state index >= 15 is 0 Å². The molecule has 0 spiro atoms. The quantitative estimate of drug-likeness (QED) is 0.832. The molecule has 0 saturated carbocycles. The largest absolute Gasteiger partial charge is 0.477 e. The number of hydrogen-bond donors (Lipinski definition) is 1. The van der Waals surface area contributed by atoms with Crippen molar-refractivity contribution in [2.75, 3.05) is 13.6 Å². The third kappa shape index (κ3) is 3.61. The topological polar surface area (TPSA) is 40.5 Å². The standard InChI is InChI=1S/C12H19NO2S/c1-4-5-6-13(3)8-10-7-11(12(14)15)16-9(10)2/h7H,4-6,8H2,1-3H3,(H,14,15). The van der Waals surface area contributed by atoms with Crippen LogP contribution in [0.25, 0.3) is 0 Å². The number of aryl methyl sites for hydroxylation is 1. The maximum absolute atomic E-state index is 10.8. The highest BCUT2D eigenvalue weighted by Crippen LogP contribution is 2.22. The van der Waals surface area contributed by atoms with Gasteiger partial charge in [-0.2, -0.15) is 0 Å². The average Bonchev–Trinajstić information content (AvgIpc) is 2.57. The van der Waals surface area contributed by atoms with Gasteiger partial charge in [-0.1, -0.05) is 13.3 Å². The molecule has 90 valence electrons. The second kappa shape index (κ2) is 6.01. The average molecular weight is 241 g/mol. The molecule has 0 unspecified atom stereocenters. The molecule has 4 heteroatoms. The van der Waals surface area contributed by atoms with Crippen LogP contribution in [0.1, 0.15) is 39.9 Å². The fourth-order valence-corrected chi connectivity index (χ4v) is 2.45. The number of unbranched alkanes of at least 4 members (excludes halogenated alkanes) is 1. The lowest BCUT2D eigenvalue weighted by Crippen LogP contribution is -2.18. The molecule has 0 bridgehead atoms. The Labute approximate surface area is 101 Å². The Bertz CT molecular complexity index is 360. The summed E-state index contributed by atoms with van der Waals surface area (Å²) in [6.07, 6.45) is 2.37. The Morgan fingerprint density at radius 1 is 1.56 bits per heavy atom. The highest BCUT2D eigenvalue weighted by atomic mass is 32.1. The molecule has 0 amide bonds. The lowest BCUT2D eigenvalue weighted by molar-refractivity contribution is 0.0702. The van der Waals surface area contributed by atoms with Gasteiger partial charge in [0.1, 0.15) is 4.88 Å². The highest BCUT2D eigenvalue weighted by Gasteiger charge is 2.12. The van der Waals surface area contributed by atoms with Gasteiger partial charge in [-0.05, 0) is 38.6 Å². The normalized spacial score (nSPS) is 11.0. The molecule has 16 heavy (non-hydrogen) atoms. The fraction of sp³-hybridized carbons (Fsp3) is 0.583. The van der Waals surface area contributed by atoms with E-state index in [9.17, 15) is 4.79 Å². The van der Waals surface area contributed by atoms with Crippen LogP contribution in [-0.2, 0) is 6.54 Å². The van der Waals surface area contributed by atoms with Crippen LogP contribution >= 0.6 is 11.3 Å².